The Morgan fingerprint density at radius 3 is 2.55 bits per heavy atom. The molecule has 2 N–H and O–H groups in total. The third kappa shape index (κ3) is 5.67. The van der Waals surface area contributed by atoms with Crippen molar-refractivity contribution in [2.45, 2.75) is 33.2 Å². The van der Waals surface area contributed by atoms with Crippen LogP contribution in [0.2, 0.25) is 0 Å². The number of aryl methyl sites for hydroxylation is 1. The predicted octanol–water partition coefficient (Wildman–Crippen LogP) is 2.47. The van der Waals surface area contributed by atoms with Crippen LogP contribution in [0.3, 0.4) is 0 Å². The second-order valence-corrected chi connectivity index (χ2v) is 5.10. The van der Waals surface area contributed by atoms with Gasteiger partial charge < -0.3 is 10.1 Å². The molecule has 0 aliphatic rings. The van der Waals surface area contributed by atoms with E-state index in [1.807, 2.05) is 13.8 Å². The van der Waals surface area contributed by atoms with Crippen LogP contribution >= 0.6 is 12.2 Å². The minimum Gasteiger partial charge on any atom is -0.383 e. The molecule has 0 unspecified atom stereocenters. The third-order valence-electron chi connectivity index (χ3n) is 2.90. The zero-order chi connectivity index (χ0) is 15.0. The molecule has 110 valence electrons. The topological polar surface area (TPSA) is 45.7 Å². The molecule has 0 amide bonds. The molecule has 0 radical (unpaired) electrons. The van der Waals surface area contributed by atoms with Gasteiger partial charge in [-0.15, -0.1) is 0 Å². The van der Waals surface area contributed by atoms with Crippen molar-refractivity contribution in [3.05, 3.63) is 35.4 Å². The van der Waals surface area contributed by atoms with Crippen molar-refractivity contribution in [2.24, 2.45) is 5.10 Å². The van der Waals surface area contributed by atoms with E-state index in [0.29, 0.717) is 11.7 Å². The molecule has 0 spiro atoms. The molecule has 5 heteroatoms. The zero-order valence-electron chi connectivity index (χ0n) is 12.6. The number of nitrogens with zero attached hydrogens (tertiary/aromatic N) is 1. The fourth-order valence-electron chi connectivity index (χ4n) is 1.73. The average molecular weight is 293 g/mol. The van der Waals surface area contributed by atoms with E-state index in [-0.39, 0.29) is 6.04 Å². The molecule has 0 fully saturated rings. The maximum absolute atomic E-state index is 5.17. The number of hydrazone groups is 1. The molecule has 1 aromatic carbocycles. The Labute approximate surface area is 126 Å². The third-order valence-corrected chi connectivity index (χ3v) is 3.11. The Balaban J connectivity index is 2.53. The molecule has 1 rings (SSSR count). The first-order chi connectivity index (χ1) is 9.56. The van der Waals surface area contributed by atoms with E-state index in [2.05, 4.69) is 47.0 Å². The maximum atomic E-state index is 5.17. The Hall–Kier alpha value is -1.46. The van der Waals surface area contributed by atoms with Crippen molar-refractivity contribution in [1.29, 1.82) is 0 Å². The molecule has 1 aromatic rings. The lowest BCUT2D eigenvalue weighted by molar-refractivity contribution is 0.179. The summed E-state index contributed by atoms with van der Waals surface area (Å²) in [4.78, 5) is 0. The molecule has 0 bridgehead atoms. The molecule has 0 aliphatic carbocycles. The standard InChI is InChI=1S/C15H23N3OS/c1-5-13-6-8-14(9-7-13)12(3)17-18-15(20)16-11(2)10-19-4/h6-9,11H,5,10H2,1-4H3,(H2,16,18,20)/b17-12-/t11-/m1/s1. The van der Waals surface area contributed by atoms with Gasteiger partial charge in [0.2, 0.25) is 0 Å². The highest BCUT2D eigenvalue weighted by Crippen LogP contribution is 2.06. The maximum Gasteiger partial charge on any atom is 0.187 e. The smallest absolute Gasteiger partial charge is 0.187 e. The van der Waals surface area contributed by atoms with Gasteiger partial charge >= 0.3 is 0 Å². The summed E-state index contributed by atoms with van der Waals surface area (Å²) in [6, 6.07) is 8.53. The number of methoxy groups -OCH3 is 1. The number of rotatable bonds is 6. The fourth-order valence-corrected chi connectivity index (χ4v) is 1.98. The van der Waals surface area contributed by atoms with E-state index in [1.54, 1.807) is 7.11 Å². The van der Waals surface area contributed by atoms with E-state index >= 15 is 0 Å². The quantitative estimate of drug-likeness (QED) is 0.480. The number of hydrogen-bond donors (Lipinski definition) is 2. The first-order valence-corrected chi connectivity index (χ1v) is 7.16. The molecule has 20 heavy (non-hydrogen) atoms. The molecule has 0 aliphatic heterocycles. The summed E-state index contributed by atoms with van der Waals surface area (Å²) in [5, 5.41) is 7.88. The number of hydrogen-bond acceptors (Lipinski definition) is 3. The van der Waals surface area contributed by atoms with Crippen LogP contribution in [0.25, 0.3) is 0 Å². The lowest BCUT2D eigenvalue weighted by atomic mass is 10.1. The summed E-state index contributed by atoms with van der Waals surface area (Å²) in [6.45, 7) is 6.69. The zero-order valence-corrected chi connectivity index (χ0v) is 13.4. The van der Waals surface area contributed by atoms with Crippen molar-refractivity contribution in [3.63, 3.8) is 0 Å². The number of thiocarbonyl (C=S) groups is 1. The van der Waals surface area contributed by atoms with Gasteiger partial charge in [-0.05, 0) is 43.6 Å². The summed E-state index contributed by atoms with van der Waals surface area (Å²) in [6.07, 6.45) is 1.04. The van der Waals surface area contributed by atoms with Crippen LogP contribution in [0.5, 0.6) is 0 Å². The number of ether oxygens (including phenoxy) is 1. The minimum atomic E-state index is 0.152. The van der Waals surface area contributed by atoms with E-state index in [9.17, 15) is 0 Å². The van der Waals surface area contributed by atoms with Crippen molar-refractivity contribution in [1.82, 2.24) is 10.7 Å². The lowest BCUT2D eigenvalue weighted by Crippen LogP contribution is -2.40. The highest BCUT2D eigenvalue weighted by atomic mass is 32.1. The van der Waals surface area contributed by atoms with Crippen LogP contribution in [-0.4, -0.2) is 30.6 Å². The van der Waals surface area contributed by atoms with Gasteiger partial charge in [-0.3, -0.25) is 5.43 Å². The van der Waals surface area contributed by atoms with Gasteiger partial charge in [-0.1, -0.05) is 31.2 Å². The second kappa shape index (κ2) is 8.66. The van der Waals surface area contributed by atoms with Gasteiger partial charge in [0.1, 0.15) is 0 Å². The molecular formula is C15H23N3OS. The molecule has 4 nitrogen and oxygen atoms in total. The van der Waals surface area contributed by atoms with Gasteiger partial charge in [0, 0.05) is 13.2 Å². The van der Waals surface area contributed by atoms with Crippen molar-refractivity contribution in [3.8, 4) is 0 Å². The van der Waals surface area contributed by atoms with E-state index in [4.69, 9.17) is 17.0 Å². The summed E-state index contributed by atoms with van der Waals surface area (Å²) < 4.78 is 5.04. The van der Waals surface area contributed by atoms with Crippen LogP contribution in [0, 0.1) is 0 Å². The van der Waals surface area contributed by atoms with Crippen LogP contribution in [-0.2, 0) is 11.2 Å². The predicted molar refractivity (Wildman–Crippen MR) is 88.2 cm³/mol. The first kappa shape index (κ1) is 16.6. The van der Waals surface area contributed by atoms with Crippen molar-refractivity contribution in [2.75, 3.05) is 13.7 Å². The Kier molecular flexibility index (Phi) is 7.18. The monoisotopic (exact) mass is 293 g/mol. The molecule has 1 atom stereocenters. The Morgan fingerprint density at radius 2 is 2.00 bits per heavy atom. The normalized spacial score (nSPS) is 12.9. The number of benzene rings is 1. The summed E-state index contributed by atoms with van der Waals surface area (Å²) in [5.41, 5.74) is 6.16. The highest BCUT2D eigenvalue weighted by molar-refractivity contribution is 7.80. The lowest BCUT2D eigenvalue weighted by Gasteiger charge is -2.14. The van der Waals surface area contributed by atoms with Crippen LogP contribution < -0.4 is 10.7 Å². The fraction of sp³-hybridized carbons (Fsp3) is 0.467. The van der Waals surface area contributed by atoms with Gasteiger partial charge in [-0.2, -0.15) is 5.10 Å². The summed E-state index contributed by atoms with van der Waals surface area (Å²) >= 11 is 5.17. The molecule has 0 saturated heterocycles. The second-order valence-electron chi connectivity index (χ2n) is 4.69. The molecule has 0 aromatic heterocycles. The molecular weight excluding hydrogens is 270 g/mol. The Morgan fingerprint density at radius 1 is 1.35 bits per heavy atom. The first-order valence-electron chi connectivity index (χ1n) is 6.75. The van der Waals surface area contributed by atoms with Gasteiger partial charge in [0.05, 0.1) is 12.3 Å². The number of nitrogens with one attached hydrogen (secondary N) is 2. The average Bonchev–Trinajstić information content (AvgIpc) is 2.45. The van der Waals surface area contributed by atoms with Crippen LogP contribution in [0.15, 0.2) is 29.4 Å². The van der Waals surface area contributed by atoms with Crippen molar-refractivity contribution >= 4 is 23.0 Å². The van der Waals surface area contributed by atoms with Gasteiger partial charge in [0.25, 0.3) is 0 Å². The van der Waals surface area contributed by atoms with Crippen molar-refractivity contribution < 1.29 is 4.74 Å². The largest absolute Gasteiger partial charge is 0.383 e. The summed E-state index contributed by atoms with van der Waals surface area (Å²) in [5.74, 6) is 0. The van der Waals surface area contributed by atoms with Crippen LogP contribution in [0.1, 0.15) is 31.9 Å². The van der Waals surface area contributed by atoms with E-state index < -0.39 is 0 Å². The SMILES string of the molecule is CCc1ccc(/C(C)=N\NC(=S)N[C@H](C)COC)cc1. The Bertz CT molecular complexity index is 457. The minimum absolute atomic E-state index is 0.152. The summed E-state index contributed by atoms with van der Waals surface area (Å²) in [7, 11) is 1.66. The van der Waals surface area contributed by atoms with E-state index in [1.165, 1.54) is 5.56 Å². The molecule has 0 saturated carbocycles. The van der Waals surface area contributed by atoms with Gasteiger partial charge in [-0.25, -0.2) is 0 Å². The van der Waals surface area contributed by atoms with E-state index in [0.717, 1.165) is 17.7 Å². The van der Waals surface area contributed by atoms with Gasteiger partial charge in [0.15, 0.2) is 5.11 Å². The molecule has 0 heterocycles. The highest BCUT2D eigenvalue weighted by Gasteiger charge is 2.03. The van der Waals surface area contributed by atoms with Crippen LogP contribution in [0.4, 0.5) is 0 Å².